The Morgan fingerprint density at radius 3 is 2.39 bits per heavy atom. The molecule has 44 heavy (non-hydrogen) atoms. The fraction of sp³-hybridized carbons (Fsp3) is 0.438. The number of carbonyl (C=O) groups is 3. The van der Waals surface area contributed by atoms with Gasteiger partial charge in [-0.1, -0.05) is 43.2 Å². The van der Waals surface area contributed by atoms with Crippen molar-refractivity contribution >= 4 is 78.4 Å². The van der Waals surface area contributed by atoms with Crippen LogP contribution in [0.25, 0.3) is 0 Å². The number of hydrogen-bond donors (Lipinski definition) is 1. The van der Waals surface area contributed by atoms with Crippen molar-refractivity contribution in [3.8, 4) is 5.75 Å². The van der Waals surface area contributed by atoms with E-state index in [-0.39, 0.29) is 64.0 Å². The number of piperidine rings is 1. The van der Waals surface area contributed by atoms with Crippen LogP contribution in [0.1, 0.15) is 42.0 Å². The van der Waals surface area contributed by atoms with Crippen molar-refractivity contribution in [2.75, 3.05) is 24.6 Å². The van der Waals surface area contributed by atoms with Gasteiger partial charge in [0, 0.05) is 43.6 Å². The average Bonchev–Trinajstić information content (AvgIpc) is 3.76. The number of imide groups is 1. The van der Waals surface area contributed by atoms with E-state index in [0.29, 0.717) is 11.4 Å². The Balaban J connectivity index is 1.16. The number of ether oxygens (including phenoxy) is 1. The highest BCUT2D eigenvalue weighted by Gasteiger charge is 2.69. The Hall–Kier alpha value is -2.41. The molecule has 7 atom stereocenters. The predicted molar refractivity (Wildman–Crippen MR) is 175 cm³/mol. The fourth-order valence-corrected chi connectivity index (χ4v) is 12.0. The molecule has 3 aliphatic heterocycles. The van der Waals surface area contributed by atoms with E-state index in [2.05, 4.69) is 36.8 Å². The molecule has 2 aromatic carbocycles. The molecule has 12 heteroatoms. The number of aromatic amines is 1. The van der Waals surface area contributed by atoms with Crippen LogP contribution in [0, 0.1) is 29.6 Å². The van der Waals surface area contributed by atoms with Crippen molar-refractivity contribution in [1.82, 2.24) is 9.88 Å². The highest BCUT2D eigenvalue weighted by Crippen LogP contribution is 2.69. The molecule has 8 rings (SSSR count). The number of likely N-dealkylation sites (tertiary alicyclic amines) is 1. The maximum absolute atomic E-state index is 14.0. The molecule has 228 valence electrons. The zero-order valence-electron chi connectivity index (χ0n) is 23.5. The lowest BCUT2D eigenvalue weighted by molar-refractivity contribution is -0.134. The second-order valence-electron chi connectivity index (χ2n) is 12.4. The number of nitrogens with one attached hydrogen (secondary N) is 1. The van der Waals surface area contributed by atoms with Crippen LogP contribution in [-0.4, -0.2) is 52.6 Å². The second kappa shape index (κ2) is 11.1. The molecule has 2 bridgehead atoms. The standard InChI is InChI=1S/C32H29Br2N3O5S2/c33-15-4-7-17(8-5-15)37-30(39)25-19-13-20(26(25)31(37)40)27-24(19)23(28-29(43-27)35-32(41)44-28)18-12-16(34)6-9-21(18)42-14-22(38)36-10-2-1-3-11-36/h4-9,12,19-20,23-27H,1-3,10-11,13-14H2,(H,35,41)/t19-,20-,23-,24?,25?,26?,27?/m1/s1. The Morgan fingerprint density at radius 2 is 1.64 bits per heavy atom. The van der Waals surface area contributed by atoms with Crippen LogP contribution in [0.5, 0.6) is 5.75 Å². The van der Waals surface area contributed by atoms with Crippen LogP contribution in [0.4, 0.5) is 5.69 Å². The minimum atomic E-state index is -0.394. The van der Waals surface area contributed by atoms with Crippen molar-refractivity contribution in [2.45, 2.75) is 41.9 Å². The lowest BCUT2D eigenvalue weighted by Gasteiger charge is -2.43. The first-order valence-electron chi connectivity index (χ1n) is 15.0. The molecule has 4 heterocycles. The summed E-state index contributed by atoms with van der Waals surface area (Å²) in [4.78, 5) is 60.9. The smallest absolute Gasteiger partial charge is 0.305 e. The number of amides is 3. The Labute approximate surface area is 279 Å². The highest BCUT2D eigenvalue weighted by atomic mass is 79.9. The summed E-state index contributed by atoms with van der Waals surface area (Å²) in [5, 5.41) is 0.902. The lowest BCUT2D eigenvalue weighted by Crippen LogP contribution is -2.43. The number of nitrogens with zero attached hydrogens (tertiary/aromatic N) is 2. The first kappa shape index (κ1) is 29.0. The summed E-state index contributed by atoms with van der Waals surface area (Å²) in [6.45, 7) is 1.47. The summed E-state index contributed by atoms with van der Waals surface area (Å²) >= 11 is 9.98. The number of aromatic nitrogens is 1. The highest BCUT2D eigenvalue weighted by molar-refractivity contribution is 9.10. The largest absolute Gasteiger partial charge is 0.483 e. The molecule has 3 amide bonds. The molecule has 0 radical (unpaired) electrons. The summed E-state index contributed by atoms with van der Waals surface area (Å²) < 4.78 is 8.04. The lowest BCUT2D eigenvalue weighted by atomic mass is 9.68. The monoisotopic (exact) mass is 757 g/mol. The number of hydrogen-bond acceptors (Lipinski definition) is 7. The van der Waals surface area contributed by atoms with Crippen molar-refractivity contribution < 1.29 is 19.1 Å². The van der Waals surface area contributed by atoms with E-state index < -0.39 is 5.92 Å². The molecule has 4 fully saturated rings. The number of thiazole rings is 1. The van der Waals surface area contributed by atoms with Crippen LogP contribution in [0.15, 0.2) is 61.2 Å². The van der Waals surface area contributed by atoms with Crippen molar-refractivity contribution in [2.24, 2.45) is 29.6 Å². The van der Waals surface area contributed by atoms with Crippen LogP contribution in [-0.2, 0) is 14.4 Å². The van der Waals surface area contributed by atoms with Gasteiger partial charge >= 0.3 is 4.87 Å². The maximum atomic E-state index is 14.0. The molecule has 1 N–H and O–H groups in total. The molecule has 2 aliphatic carbocycles. The molecular formula is C32H29Br2N3O5S2. The third kappa shape index (κ3) is 4.57. The molecule has 1 aromatic heterocycles. The van der Waals surface area contributed by atoms with E-state index in [1.807, 2.05) is 47.4 Å². The Kier molecular flexibility index (Phi) is 7.34. The number of H-pyrrole nitrogens is 1. The van der Waals surface area contributed by atoms with Gasteiger partial charge in [0.15, 0.2) is 6.61 Å². The molecule has 5 aliphatic rings. The fourth-order valence-electron chi connectivity index (χ4n) is 8.48. The quantitative estimate of drug-likeness (QED) is 0.319. The number of benzene rings is 2. The normalized spacial score (nSPS) is 30.4. The van der Waals surface area contributed by atoms with Gasteiger partial charge in [-0.3, -0.25) is 24.1 Å². The molecule has 4 unspecified atom stereocenters. The Morgan fingerprint density at radius 1 is 0.932 bits per heavy atom. The molecular weight excluding hydrogens is 730 g/mol. The minimum absolute atomic E-state index is 0.0171. The van der Waals surface area contributed by atoms with Crippen molar-refractivity contribution in [3.05, 3.63) is 71.5 Å². The van der Waals surface area contributed by atoms with Gasteiger partial charge in [-0.15, -0.1) is 11.8 Å². The summed E-state index contributed by atoms with van der Waals surface area (Å²) in [5.41, 5.74) is 1.51. The van der Waals surface area contributed by atoms with E-state index in [9.17, 15) is 19.2 Å². The third-order valence-corrected chi connectivity index (χ3v) is 13.8. The van der Waals surface area contributed by atoms with Gasteiger partial charge in [-0.2, -0.15) is 0 Å². The number of rotatable bonds is 5. The van der Waals surface area contributed by atoms with Gasteiger partial charge < -0.3 is 14.6 Å². The van der Waals surface area contributed by atoms with E-state index in [4.69, 9.17) is 4.74 Å². The number of thioether (sulfide) groups is 1. The first-order valence-corrected chi connectivity index (χ1v) is 18.3. The summed E-state index contributed by atoms with van der Waals surface area (Å²) in [7, 11) is 0. The Bertz CT molecular complexity index is 1740. The summed E-state index contributed by atoms with van der Waals surface area (Å²) in [5.74, 6) is -0.572. The predicted octanol–water partition coefficient (Wildman–Crippen LogP) is 6.03. The molecule has 2 saturated carbocycles. The van der Waals surface area contributed by atoms with Crippen LogP contribution in [0.2, 0.25) is 0 Å². The molecule has 3 aromatic rings. The minimum Gasteiger partial charge on any atom is -0.483 e. The van der Waals surface area contributed by atoms with Gasteiger partial charge in [-0.25, -0.2) is 0 Å². The topological polar surface area (TPSA) is 99.8 Å². The first-order chi connectivity index (χ1) is 21.3. The molecule has 0 spiro atoms. The average molecular weight is 760 g/mol. The van der Waals surface area contributed by atoms with E-state index in [1.165, 1.54) is 16.2 Å². The van der Waals surface area contributed by atoms with Crippen LogP contribution >= 0.6 is 55.0 Å². The van der Waals surface area contributed by atoms with Gasteiger partial charge in [-0.05, 0) is 85.9 Å². The number of carbonyl (C=O) groups excluding carboxylic acids is 3. The SMILES string of the molecule is O=C(COc1ccc(Br)cc1[C@H]1c2sc(=O)[nH]c2SC2C1[C@H]1C[C@@H]2C2C(=O)N(c3ccc(Br)cc3)C(=O)C21)N1CCCCC1. The zero-order chi connectivity index (χ0) is 30.3. The number of fused-ring (bicyclic) bond motifs is 9. The van der Waals surface area contributed by atoms with Crippen LogP contribution in [0.3, 0.4) is 0 Å². The summed E-state index contributed by atoms with van der Waals surface area (Å²) in [6.07, 6.45) is 3.97. The van der Waals surface area contributed by atoms with Crippen molar-refractivity contribution in [1.29, 1.82) is 0 Å². The number of halogens is 2. The van der Waals surface area contributed by atoms with Crippen molar-refractivity contribution in [3.63, 3.8) is 0 Å². The third-order valence-electron chi connectivity index (χ3n) is 10.2. The number of anilines is 1. The second-order valence-corrected chi connectivity index (χ2v) is 16.4. The van der Waals surface area contributed by atoms with Gasteiger partial charge in [0.05, 0.1) is 22.5 Å². The van der Waals surface area contributed by atoms with E-state index in [1.54, 1.807) is 11.8 Å². The van der Waals surface area contributed by atoms with E-state index >= 15 is 0 Å². The van der Waals surface area contributed by atoms with Gasteiger partial charge in [0.1, 0.15) is 5.75 Å². The maximum Gasteiger partial charge on any atom is 0.305 e. The molecule has 2 saturated heterocycles. The van der Waals surface area contributed by atoms with E-state index in [0.717, 1.165) is 63.2 Å². The summed E-state index contributed by atoms with van der Waals surface area (Å²) in [6, 6.07) is 13.2. The molecule has 8 nitrogen and oxygen atoms in total. The van der Waals surface area contributed by atoms with Gasteiger partial charge in [0.2, 0.25) is 11.8 Å². The van der Waals surface area contributed by atoms with Gasteiger partial charge in [0.25, 0.3) is 5.91 Å². The zero-order valence-corrected chi connectivity index (χ0v) is 28.3. The van der Waals surface area contributed by atoms with Crippen LogP contribution < -0.4 is 14.5 Å².